The van der Waals surface area contributed by atoms with Crippen molar-refractivity contribution in [1.29, 1.82) is 0 Å². The van der Waals surface area contributed by atoms with Gasteiger partial charge in [-0.25, -0.2) is 0 Å². The van der Waals surface area contributed by atoms with E-state index in [1.807, 2.05) is 12.2 Å². The molecule has 1 saturated heterocycles. The van der Waals surface area contributed by atoms with Crippen LogP contribution in [0.3, 0.4) is 0 Å². The van der Waals surface area contributed by atoms with Crippen LogP contribution in [0.4, 0.5) is 0 Å². The van der Waals surface area contributed by atoms with Gasteiger partial charge < -0.3 is 39.4 Å². The van der Waals surface area contributed by atoms with Gasteiger partial charge in [-0.2, -0.15) is 0 Å². The van der Waals surface area contributed by atoms with Crippen molar-refractivity contribution in [3.8, 4) is 0 Å². The molecule has 1 fully saturated rings. The molecule has 0 aromatic heterocycles. The number of esters is 2. The van der Waals surface area contributed by atoms with E-state index in [-0.39, 0.29) is 26.1 Å². The summed E-state index contributed by atoms with van der Waals surface area (Å²) < 4.78 is 22.0. The quantitative estimate of drug-likeness (QED) is 0.0272. The molecule has 10 heteroatoms. The van der Waals surface area contributed by atoms with E-state index in [9.17, 15) is 30.0 Å². The monoisotopic (exact) mass is 853 g/mol. The fourth-order valence-electron chi connectivity index (χ4n) is 6.14. The lowest BCUT2D eigenvalue weighted by Crippen LogP contribution is -2.59. The van der Waals surface area contributed by atoms with Crippen LogP contribution in [-0.4, -0.2) is 89.0 Å². The first-order valence-electron chi connectivity index (χ1n) is 23.0. The largest absolute Gasteiger partial charge is 0.462 e. The Balaban J connectivity index is 2.36. The molecule has 344 valence electrons. The number of hydrogen-bond donors (Lipinski definition) is 4. The van der Waals surface area contributed by atoms with Gasteiger partial charge in [0.15, 0.2) is 12.4 Å². The molecule has 1 rings (SSSR count). The molecule has 6 atom stereocenters. The second-order valence-electron chi connectivity index (χ2n) is 15.1. The van der Waals surface area contributed by atoms with Crippen molar-refractivity contribution < 1.29 is 49.0 Å². The molecule has 0 amide bonds. The smallest absolute Gasteiger partial charge is 0.310 e. The number of aliphatic hydroxyl groups is 4. The van der Waals surface area contributed by atoms with Crippen LogP contribution in [0.25, 0.3) is 0 Å². The second-order valence-corrected chi connectivity index (χ2v) is 15.1. The van der Waals surface area contributed by atoms with E-state index in [4.69, 9.17) is 18.9 Å². The molecule has 4 N–H and O–H groups in total. The van der Waals surface area contributed by atoms with Crippen LogP contribution in [0.5, 0.6) is 0 Å². The lowest BCUT2D eigenvalue weighted by Gasteiger charge is -2.39. The summed E-state index contributed by atoms with van der Waals surface area (Å²) in [4.78, 5) is 25.3. The van der Waals surface area contributed by atoms with Crippen LogP contribution in [0.15, 0.2) is 109 Å². The first-order valence-corrected chi connectivity index (χ1v) is 23.0. The zero-order chi connectivity index (χ0) is 44.4. The maximum Gasteiger partial charge on any atom is 0.310 e. The summed E-state index contributed by atoms with van der Waals surface area (Å²) in [6.07, 6.45) is 48.3. The van der Waals surface area contributed by atoms with Gasteiger partial charge in [-0.15, -0.1) is 0 Å². The zero-order valence-corrected chi connectivity index (χ0v) is 37.4. The number of rotatable bonds is 36. The van der Waals surface area contributed by atoms with Crippen molar-refractivity contribution in [2.45, 2.75) is 179 Å². The number of carbonyl (C=O) groups excluding carboxylic acids is 2. The summed E-state index contributed by atoms with van der Waals surface area (Å²) in [7, 11) is 0. The third kappa shape index (κ3) is 31.8. The van der Waals surface area contributed by atoms with Gasteiger partial charge in [0.25, 0.3) is 0 Å². The van der Waals surface area contributed by atoms with Crippen LogP contribution in [-0.2, 0) is 28.5 Å². The number of carbonyl (C=O) groups is 2. The lowest BCUT2D eigenvalue weighted by molar-refractivity contribution is -0.305. The summed E-state index contributed by atoms with van der Waals surface area (Å²) in [5.41, 5.74) is 0. The molecule has 61 heavy (non-hydrogen) atoms. The number of hydrogen-bond acceptors (Lipinski definition) is 10. The van der Waals surface area contributed by atoms with Crippen LogP contribution in [0.1, 0.15) is 142 Å². The van der Waals surface area contributed by atoms with Crippen molar-refractivity contribution >= 4 is 11.9 Å². The Bertz CT molecular complexity index is 1350. The fourth-order valence-corrected chi connectivity index (χ4v) is 6.14. The second kappa shape index (κ2) is 40.4. The van der Waals surface area contributed by atoms with E-state index < -0.39 is 55.4 Å². The van der Waals surface area contributed by atoms with Gasteiger partial charge in [-0.1, -0.05) is 162 Å². The molecule has 0 saturated carbocycles. The van der Waals surface area contributed by atoms with E-state index in [2.05, 4.69) is 105 Å². The molecule has 0 bridgehead atoms. The summed E-state index contributed by atoms with van der Waals surface area (Å²) >= 11 is 0. The Morgan fingerprint density at radius 2 is 0.967 bits per heavy atom. The van der Waals surface area contributed by atoms with E-state index in [1.165, 1.54) is 25.7 Å². The van der Waals surface area contributed by atoms with Gasteiger partial charge in [-0.3, -0.25) is 9.59 Å². The lowest BCUT2D eigenvalue weighted by atomic mass is 9.99. The molecule has 6 unspecified atom stereocenters. The number of aliphatic hydroxyl groups excluding tert-OH is 4. The molecular formula is C51H80O10. The minimum atomic E-state index is -1.62. The first kappa shape index (κ1) is 55.4. The minimum absolute atomic E-state index is 0.0106. The molecule has 0 spiro atoms. The highest BCUT2D eigenvalue weighted by molar-refractivity contribution is 5.71. The van der Waals surface area contributed by atoms with Crippen molar-refractivity contribution in [2.24, 2.45) is 0 Å². The van der Waals surface area contributed by atoms with E-state index in [1.54, 1.807) is 6.08 Å². The summed E-state index contributed by atoms with van der Waals surface area (Å²) in [5.74, 6) is -0.975. The molecule has 0 aromatic carbocycles. The van der Waals surface area contributed by atoms with Gasteiger partial charge >= 0.3 is 11.9 Å². The van der Waals surface area contributed by atoms with Crippen molar-refractivity contribution in [1.82, 2.24) is 0 Å². The highest BCUT2D eigenvalue weighted by Crippen LogP contribution is 2.22. The maximum absolute atomic E-state index is 12.7. The molecule has 1 heterocycles. The predicted octanol–water partition coefficient (Wildman–Crippen LogP) is 10.1. The summed E-state index contributed by atoms with van der Waals surface area (Å²) in [6, 6.07) is 0. The predicted molar refractivity (Wildman–Crippen MR) is 247 cm³/mol. The Hall–Kier alpha value is -3.64. The number of allylic oxidation sites excluding steroid dienone is 17. The maximum atomic E-state index is 12.7. The van der Waals surface area contributed by atoms with Gasteiger partial charge in [0.1, 0.15) is 31.0 Å². The third-order valence-corrected chi connectivity index (χ3v) is 9.69. The third-order valence-electron chi connectivity index (χ3n) is 9.69. The Kier molecular flexibility index (Phi) is 36.7. The standard InChI is InChI=1S/C51H80O10/c1-3-5-7-9-11-13-15-17-19-20-21-22-23-24-26-27-29-31-33-35-37-39-46(53)58-42-44(43-59-51-50(57)49(56)48(55)45(41-52)61-51)60-47(54)40-38-36-34-32-30-28-25-18-16-14-12-10-8-6-4-2/h5-8,11-14,17-19,21-22,25,30,32,36,38,44-45,48-52,55-57H,3-4,9-10,15-16,20,23-24,26-29,31,33-35,37,39-43H2,1-2H3/b7-5-,8-6-,13-11-,14-12-,19-17-,22-21-,25-18-,32-30-,38-36-. The van der Waals surface area contributed by atoms with Crippen molar-refractivity contribution in [3.63, 3.8) is 0 Å². The first-order chi connectivity index (χ1) is 29.8. The zero-order valence-electron chi connectivity index (χ0n) is 37.4. The van der Waals surface area contributed by atoms with Crippen LogP contribution < -0.4 is 0 Å². The molecule has 0 radical (unpaired) electrons. The SMILES string of the molecule is CC/C=C\C/C=C\C/C=C\C/C=C\C/C=C\CC(=O)OC(COC(=O)CCCCCCCCCC/C=C\C/C=C\C/C=C\C/C=C\CC)COC1OC(CO)C(O)C(O)C1O. The topological polar surface area (TPSA) is 152 Å². The Morgan fingerprint density at radius 3 is 1.46 bits per heavy atom. The van der Waals surface area contributed by atoms with Gasteiger partial charge in [0.05, 0.1) is 19.6 Å². The number of unbranched alkanes of at least 4 members (excludes halogenated alkanes) is 8. The van der Waals surface area contributed by atoms with E-state index in [0.717, 1.165) is 77.0 Å². The molecule has 1 aliphatic rings. The van der Waals surface area contributed by atoms with Crippen molar-refractivity contribution in [2.75, 3.05) is 19.8 Å². The normalized spacial score (nSPS) is 20.8. The Labute approximate surface area is 368 Å². The van der Waals surface area contributed by atoms with Gasteiger partial charge in [0, 0.05) is 6.42 Å². The van der Waals surface area contributed by atoms with E-state index in [0.29, 0.717) is 12.8 Å². The highest BCUT2D eigenvalue weighted by Gasteiger charge is 2.44. The van der Waals surface area contributed by atoms with Crippen LogP contribution in [0, 0.1) is 0 Å². The fraction of sp³-hybridized carbons (Fsp3) is 0.608. The summed E-state index contributed by atoms with van der Waals surface area (Å²) in [5, 5.41) is 40.1. The molecule has 1 aliphatic heterocycles. The van der Waals surface area contributed by atoms with Gasteiger partial charge in [0.2, 0.25) is 0 Å². The van der Waals surface area contributed by atoms with Crippen LogP contribution in [0.2, 0.25) is 0 Å². The minimum Gasteiger partial charge on any atom is -0.462 e. The van der Waals surface area contributed by atoms with Gasteiger partial charge in [-0.05, 0) is 77.0 Å². The Morgan fingerprint density at radius 1 is 0.525 bits per heavy atom. The molecule has 0 aromatic rings. The molecule has 10 nitrogen and oxygen atoms in total. The molecule has 0 aliphatic carbocycles. The average Bonchev–Trinajstić information content (AvgIpc) is 3.26. The summed E-state index contributed by atoms with van der Waals surface area (Å²) in [6.45, 7) is 3.07. The number of ether oxygens (including phenoxy) is 4. The van der Waals surface area contributed by atoms with Crippen LogP contribution >= 0.6 is 0 Å². The van der Waals surface area contributed by atoms with Crippen molar-refractivity contribution in [3.05, 3.63) is 109 Å². The molecular weight excluding hydrogens is 773 g/mol. The van der Waals surface area contributed by atoms with E-state index >= 15 is 0 Å². The average molecular weight is 853 g/mol. The highest BCUT2D eigenvalue weighted by atomic mass is 16.7.